The van der Waals surface area contributed by atoms with Crippen LogP contribution in [-0.2, 0) is 19.1 Å². The van der Waals surface area contributed by atoms with Gasteiger partial charge in [0.15, 0.2) is 0 Å². The SMILES string of the molecule is CCNC(CC)C(CC)C(=O)NC(C(=O)N(C)C(/C=C(\C)C(=O)OCC)C(C)C)C(C)(C)C. The monoisotopic (exact) mass is 467 g/mol. The highest BCUT2D eigenvalue weighted by molar-refractivity contribution is 5.90. The smallest absolute Gasteiger partial charge is 0.333 e. The zero-order chi connectivity index (χ0) is 25.9. The molecule has 0 spiro atoms. The van der Waals surface area contributed by atoms with Gasteiger partial charge in [-0.3, -0.25) is 9.59 Å². The molecule has 0 aromatic heterocycles. The number of hydrogen-bond donors (Lipinski definition) is 2. The number of carbonyl (C=O) groups excluding carboxylic acids is 3. The summed E-state index contributed by atoms with van der Waals surface area (Å²) in [6.45, 7) is 20.5. The molecule has 7 nitrogen and oxygen atoms in total. The van der Waals surface area contributed by atoms with Crippen LogP contribution in [0.4, 0.5) is 0 Å². The Labute approximate surface area is 202 Å². The van der Waals surface area contributed by atoms with Crippen molar-refractivity contribution in [2.24, 2.45) is 17.3 Å². The third-order valence-electron chi connectivity index (χ3n) is 6.06. The number of nitrogens with zero attached hydrogens (tertiary/aromatic N) is 1. The molecule has 192 valence electrons. The topological polar surface area (TPSA) is 87.7 Å². The Morgan fingerprint density at radius 3 is 2.00 bits per heavy atom. The summed E-state index contributed by atoms with van der Waals surface area (Å²) >= 11 is 0. The molecular weight excluding hydrogens is 418 g/mol. The summed E-state index contributed by atoms with van der Waals surface area (Å²) < 4.78 is 5.10. The van der Waals surface area contributed by atoms with E-state index in [2.05, 4.69) is 17.6 Å². The number of hydrogen-bond acceptors (Lipinski definition) is 5. The fraction of sp³-hybridized carbons (Fsp3) is 0.808. The van der Waals surface area contributed by atoms with E-state index in [0.29, 0.717) is 18.6 Å². The molecule has 0 radical (unpaired) electrons. The average molecular weight is 468 g/mol. The van der Waals surface area contributed by atoms with Crippen LogP contribution in [0.25, 0.3) is 0 Å². The van der Waals surface area contributed by atoms with Crippen molar-refractivity contribution in [1.82, 2.24) is 15.5 Å². The van der Waals surface area contributed by atoms with Gasteiger partial charge in [0.05, 0.1) is 18.6 Å². The molecule has 0 aromatic rings. The van der Waals surface area contributed by atoms with E-state index in [9.17, 15) is 14.4 Å². The Bertz CT molecular complexity index is 667. The minimum absolute atomic E-state index is 0.0621. The third kappa shape index (κ3) is 9.48. The van der Waals surface area contributed by atoms with Crippen LogP contribution in [0.1, 0.15) is 82.1 Å². The standard InChI is InChI=1S/C26H49N3O4/c1-12-19(20(13-2)27-14-3)23(30)28-22(26(8,9)10)24(31)29(11)21(17(5)6)16-18(7)25(32)33-15-4/h16-17,19-22,27H,12-15H2,1-11H3,(H,28,30)/b18-16+. The second kappa shape index (κ2) is 14.4. The maximum Gasteiger partial charge on any atom is 0.333 e. The van der Waals surface area contributed by atoms with Gasteiger partial charge >= 0.3 is 5.97 Å². The van der Waals surface area contributed by atoms with Gasteiger partial charge in [0.2, 0.25) is 11.8 Å². The summed E-state index contributed by atoms with van der Waals surface area (Å²) in [4.78, 5) is 40.7. The van der Waals surface area contributed by atoms with E-state index < -0.39 is 11.5 Å². The van der Waals surface area contributed by atoms with Gasteiger partial charge in [-0.25, -0.2) is 4.79 Å². The Kier molecular flexibility index (Phi) is 13.6. The molecule has 2 amide bonds. The molecule has 0 aliphatic heterocycles. The summed E-state index contributed by atoms with van der Waals surface area (Å²) in [7, 11) is 1.73. The largest absolute Gasteiger partial charge is 0.463 e. The zero-order valence-corrected chi connectivity index (χ0v) is 22.9. The highest BCUT2D eigenvalue weighted by Crippen LogP contribution is 2.25. The molecule has 0 bridgehead atoms. The fourth-order valence-corrected chi connectivity index (χ4v) is 4.06. The highest BCUT2D eigenvalue weighted by atomic mass is 16.5. The number of rotatable bonds is 13. The minimum atomic E-state index is -0.694. The second-order valence-electron chi connectivity index (χ2n) is 10.1. The predicted molar refractivity (Wildman–Crippen MR) is 135 cm³/mol. The molecule has 4 atom stereocenters. The normalized spacial score (nSPS) is 16.1. The maximum absolute atomic E-state index is 13.7. The van der Waals surface area contributed by atoms with Gasteiger partial charge in [-0.1, -0.05) is 61.5 Å². The molecule has 0 aromatic carbocycles. The highest BCUT2D eigenvalue weighted by Gasteiger charge is 2.38. The molecule has 0 aliphatic rings. The number of carbonyl (C=O) groups is 3. The Hall–Kier alpha value is -1.89. The van der Waals surface area contributed by atoms with Crippen LogP contribution in [-0.4, -0.2) is 61.0 Å². The third-order valence-corrected chi connectivity index (χ3v) is 6.06. The predicted octanol–water partition coefficient (Wildman–Crippen LogP) is 3.92. The van der Waals surface area contributed by atoms with Gasteiger partial charge in [0, 0.05) is 18.7 Å². The van der Waals surface area contributed by atoms with Crippen LogP contribution in [0.2, 0.25) is 0 Å². The number of ether oxygens (including phenoxy) is 1. The van der Waals surface area contributed by atoms with E-state index in [4.69, 9.17) is 4.74 Å². The van der Waals surface area contributed by atoms with Crippen molar-refractivity contribution >= 4 is 17.8 Å². The zero-order valence-electron chi connectivity index (χ0n) is 22.9. The van der Waals surface area contributed by atoms with Crippen LogP contribution in [0.15, 0.2) is 11.6 Å². The van der Waals surface area contributed by atoms with Crippen LogP contribution in [0, 0.1) is 17.3 Å². The van der Waals surface area contributed by atoms with E-state index in [1.165, 1.54) is 0 Å². The molecule has 0 heterocycles. The van der Waals surface area contributed by atoms with Crippen LogP contribution >= 0.6 is 0 Å². The molecule has 0 fully saturated rings. The fourth-order valence-electron chi connectivity index (χ4n) is 4.06. The lowest BCUT2D eigenvalue weighted by atomic mass is 9.84. The molecular formula is C26H49N3O4. The van der Waals surface area contributed by atoms with Crippen LogP contribution in [0.5, 0.6) is 0 Å². The Morgan fingerprint density at radius 1 is 1.03 bits per heavy atom. The first-order chi connectivity index (χ1) is 15.3. The average Bonchev–Trinajstić information content (AvgIpc) is 2.73. The first-order valence-corrected chi connectivity index (χ1v) is 12.4. The van der Waals surface area contributed by atoms with Crippen molar-refractivity contribution in [3.63, 3.8) is 0 Å². The van der Waals surface area contributed by atoms with Gasteiger partial charge in [-0.2, -0.15) is 0 Å². The molecule has 0 rings (SSSR count). The van der Waals surface area contributed by atoms with E-state index in [1.54, 1.807) is 31.9 Å². The molecule has 0 aliphatic carbocycles. The number of amides is 2. The molecule has 0 saturated carbocycles. The molecule has 0 saturated heterocycles. The first-order valence-electron chi connectivity index (χ1n) is 12.4. The number of nitrogens with one attached hydrogen (secondary N) is 2. The van der Waals surface area contributed by atoms with Crippen molar-refractivity contribution in [2.45, 2.75) is 100 Å². The summed E-state index contributed by atoms with van der Waals surface area (Å²) in [5.41, 5.74) is -0.0188. The summed E-state index contributed by atoms with van der Waals surface area (Å²) in [5, 5.41) is 6.47. The first kappa shape index (κ1) is 31.1. The van der Waals surface area contributed by atoms with Crippen LogP contribution in [0.3, 0.4) is 0 Å². The van der Waals surface area contributed by atoms with Crippen molar-refractivity contribution < 1.29 is 19.1 Å². The summed E-state index contributed by atoms with van der Waals surface area (Å²) in [5.74, 6) is -0.810. The summed E-state index contributed by atoms with van der Waals surface area (Å²) in [6, 6.07) is -0.941. The van der Waals surface area contributed by atoms with Crippen molar-refractivity contribution in [3.05, 3.63) is 11.6 Å². The van der Waals surface area contributed by atoms with Crippen LogP contribution < -0.4 is 10.6 Å². The lowest BCUT2D eigenvalue weighted by molar-refractivity contribution is -0.141. The lowest BCUT2D eigenvalue weighted by Crippen LogP contribution is -2.58. The quantitative estimate of drug-likeness (QED) is 0.317. The molecule has 4 unspecified atom stereocenters. The van der Waals surface area contributed by atoms with Gasteiger partial charge in [-0.15, -0.1) is 0 Å². The van der Waals surface area contributed by atoms with E-state index >= 15 is 0 Å². The minimum Gasteiger partial charge on any atom is -0.463 e. The van der Waals surface area contributed by atoms with Crippen molar-refractivity contribution in [1.29, 1.82) is 0 Å². The number of likely N-dealkylation sites (N-methyl/N-ethyl adjacent to an activating group) is 1. The van der Waals surface area contributed by atoms with Gasteiger partial charge in [-0.05, 0) is 44.6 Å². The molecule has 7 heteroatoms. The molecule has 33 heavy (non-hydrogen) atoms. The lowest BCUT2D eigenvalue weighted by Gasteiger charge is -2.38. The van der Waals surface area contributed by atoms with Crippen molar-refractivity contribution in [2.75, 3.05) is 20.2 Å². The Balaban J connectivity index is 5.91. The van der Waals surface area contributed by atoms with E-state index in [1.807, 2.05) is 48.5 Å². The second-order valence-corrected chi connectivity index (χ2v) is 10.1. The summed E-state index contributed by atoms with van der Waals surface area (Å²) in [6.07, 6.45) is 3.31. The van der Waals surface area contributed by atoms with Crippen molar-refractivity contribution in [3.8, 4) is 0 Å². The van der Waals surface area contributed by atoms with Gasteiger partial charge in [0.25, 0.3) is 0 Å². The van der Waals surface area contributed by atoms with Gasteiger partial charge < -0.3 is 20.3 Å². The number of esters is 1. The maximum atomic E-state index is 13.7. The molecule has 2 N–H and O–H groups in total. The Morgan fingerprint density at radius 2 is 1.61 bits per heavy atom. The van der Waals surface area contributed by atoms with Gasteiger partial charge in [0.1, 0.15) is 6.04 Å². The van der Waals surface area contributed by atoms with E-state index in [-0.39, 0.29) is 41.7 Å². The van der Waals surface area contributed by atoms with E-state index in [0.717, 1.165) is 13.0 Å².